The van der Waals surface area contributed by atoms with Gasteiger partial charge >= 0.3 is 0 Å². The summed E-state index contributed by atoms with van der Waals surface area (Å²) in [4.78, 5) is 9.05. The van der Waals surface area contributed by atoms with E-state index in [1.165, 1.54) is 11.6 Å². The van der Waals surface area contributed by atoms with E-state index in [2.05, 4.69) is 20.9 Å². The summed E-state index contributed by atoms with van der Waals surface area (Å²) in [6.07, 6.45) is 3.75. The highest BCUT2D eigenvalue weighted by molar-refractivity contribution is 5.62. The molecule has 0 saturated carbocycles. The first kappa shape index (κ1) is 17.9. The Balaban J connectivity index is 1.33. The molecule has 4 nitrogen and oxygen atoms in total. The van der Waals surface area contributed by atoms with Crippen molar-refractivity contribution >= 4 is 0 Å². The quantitative estimate of drug-likeness (QED) is 0.681. The van der Waals surface area contributed by atoms with Crippen molar-refractivity contribution in [3.05, 3.63) is 77.6 Å². The molecule has 1 aliphatic heterocycles. The molecule has 1 saturated heterocycles. The summed E-state index contributed by atoms with van der Waals surface area (Å²) < 4.78 is 19.8. The van der Waals surface area contributed by atoms with Gasteiger partial charge in [0, 0.05) is 50.7 Å². The zero-order valence-electron chi connectivity index (χ0n) is 15.6. The molecule has 0 amide bonds. The van der Waals surface area contributed by atoms with E-state index in [4.69, 9.17) is 4.42 Å². The van der Waals surface area contributed by atoms with Crippen LogP contribution in [-0.4, -0.2) is 41.0 Å². The van der Waals surface area contributed by atoms with E-state index in [1.807, 2.05) is 36.7 Å². The summed E-state index contributed by atoms with van der Waals surface area (Å²) in [6.45, 7) is 7.61. The lowest BCUT2D eigenvalue weighted by molar-refractivity contribution is 0.116. The Kier molecular flexibility index (Phi) is 5.32. The van der Waals surface area contributed by atoms with E-state index >= 15 is 0 Å². The monoisotopic (exact) mass is 365 g/mol. The molecule has 3 heterocycles. The minimum absolute atomic E-state index is 0.199. The first-order chi connectivity index (χ1) is 13.2. The lowest BCUT2D eigenvalue weighted by Crippen LogP contribution is -2.45. The van der Waals surface area contributed by atoms with Gasteiger partial charge in [-0.25, -0.2) is 4.39 Å². The Hall–Kier alpha value is -2.50. The maximum atomic E-state index is 13.8. The van der Waals surface area contributed by atoms with Crippen molar-refractivity contribution in [2.45, 2.75) is 20.0 Å². The van der Waals surface area contributed by atoms with Gasteiger partial charge in [-0.05, 0) is 42.3 Å². The summed E-state index contributed by atoms with van der Waals surface area (Å²) in [5.41, 5.74) is 2.71. The SMILES string of the molecule is Cc1c(F)cccc1-c1ccc(CN2CCN(Cc3cccnc3)CC2)o1. The molecule has 1 aromatic carbocycles. The molecule has 0 bridgehead atoms. The smallest absolute Gasteiger partial charge is 0.134 e. The van der Waals surface area contributed by atoms with E-state index in [-0.39, 0.29) is 5.82 Å². The third-order valence-electron chi connectivity index (χ3n) is 5.17. The van der Waals surface area contributed by atoms with Gasteiger partial charge in [-0.3, -0.25) is 14.8 Å². The van der Waals surface area contributed by atoms with Crippen LogP contribution in [0.25, 0.3) is 11.3 Å². The van der Waals surface area contributed by atoms with Crippen molar-refractivity contribution in [3.63, 3.8) is 0 Å². The van der Waals surface area contributed by atoms with Gasteiger partial charge < -0.3 is 4.42 Å². The van der Waals surface area contributed by atoms with Gasteiger partial charge in [0.15, 0.2) is 0 Å². The molecule has 0 aliphatic carbocycles. The molecule has 3 aromatic rings. The molecule has 0 radical (unpaired) electrons. The third-order valence-corrected chi connectivity index (χ3v) is 5.17. The number of piperazine rings is 1. The van der Waals surface area contributed by atoms with Gasteiger partial charge in [0.05, 0.1) is 6.54 Å². The summed E-state index contributed by atoms with van der Waals surface area (Å²) in [6, 6.07) is 13.2. The van der Waals surface area contributed by atoms with Crippen molar-refractivity contribution in [2.75, 3.05) is 26.2 Å². The summed E-state index contributed by atoms with van der Waals surface area (Å²) in [7, 11) is 0. The lowest BCUT2D eigenvalue weighted by atomic mass is 10.1. The Morgan fingerprint density at radius 2 is 1.74 bits per heavy atom. The molecule has 27 heavy (non-hydrogen) atoms. The zero-order chi connectivity index (χ0) is 18.6. The summed E-state index contributed by atoms with van der Waals surface area (Å²) >= 11 is 0. The molecular weight excluding hydrogens is 341 g/mol. The molecule has 0 N–H and O–H groups in total. The van der Waals surface area contributed by atoms with Crippen LogP contribution in [0.3, 0.4) is 0 Å². The number of pyridine rings is 1. The van der Waals surface area contributed by atoms with Crippen LogP contribution in [0.4, 0.5) is 4.39 Å². The fourth-order valence-electron chi connectivity index (χ4n) is 3.56. The molecular formula is C22H24FN3O. The van der Waals surface area contributed by atoms with Crippen molar-refractivity contribution < 1.29 is 8.81 Å². The van der Waals surface area contributed by atoms with Crippen molar-refractivity contribution in [3.8, 4) is 11.3 Å². The average Bonchev–Trinajstić information content (AvgIpc) is 3.15. The second kappa shape index (κ2) is 8.03. The van der Waals surface area contributed by atoms with Gasteiger partial charge in [-0.1, -0.05) is 18.2 Å². The highest BCUT2D eigenvalue weighted by atomic mass is 19.1. The van der Waals surface area contributed by atoms with E-state index in [9.17, 15) is 4.39 Å². The molecule has 1 aliphatic rings. The lowest BCUT2D eigenvalue weighted by Gasteiger charge is -2.34. The van der Waals surface area contributed by atoms with E-state index in [0.29, 0.717) is 5.56 Å². The zero-order valence-corrected chi connectivity index (χ0v) is 15.6. The maximum Gasteiger partial charge on any atom is 0.134 e. The van der Waals surface area contributed by atoms with Gasteiger partial charge in [0.25, 0.3) is 0 Å². The molecule has 5 heteroatoms. The molecule has 1 fully saturated rings. The fourth-order valence-corrected chi connectivity index (χ4v) is 3.56. The van der Waals surface area contributed by atoms with Crippen LogP contribution in [0, 0.1) is 12.7 Å². The van der Waals surface area contributed by atoms with Crippen LogP contribution in [0.15, 0.2) is 59.3 Å². The molecule has 4 rings (SSSR count). The number of halogens is 1. The molecule has 140 valence electrons. The van der Waals surface area contributed by atoms with Crippen LogP contribution in [0.5, 0.6) is 0 Å². The van der Waals surface area contributed by atoms with Crippen LogP contribution in [0.2, 0.25) is 0 Å². The van der Waals surface area contributed by atoms with Crippen LogP contribution >= 0.6 is 0 Å². The average molecular weight is 365 g/mol. The summed E-state index contributed by atoms with van der Waals surface area (Å²) in [5.74, 6) is 1.46. The number of rotatable bonds is 5. The minimum Gasteiger partial charge on any atom is -0.460 e. The fraction of sp³-hybridized carbons (Fsp3) is 0.318. The predicted molar refractivity (Wildman–Crippen MR) is 104 cm³/mol. The second-order valence-electron chi connectivity index (χ2n) is 7.09. The molecule has 2 aromatic heterocycles. The number of nitrogens with zero attached hydrogens (tertiary/aromatic N) is 3. The summed E-state index contributed by atoms with van der Waals surface area (Å²) in [5, 5.41) is 0. The van der Waals surface area contributed by atoms with Crippen LogP contribution in [-0.2, 0) is 13.1 Å². The molecule has 0 unspecified atom stereocenters. The Bertz CT molecular complexity index is 886. The number of hydrogen-bond acceptors (Lipinski definition) is 4. The van der Waals surface area contributed by atoms with E-state index in [1.54, 1.807) is 13.0 Å². The number of furan rings is 1. The Labute approximate surface area is 159 Å². The molecule has 0 atom stereocenters. The second-order valence-corrected chi connectivity index (χ2v) is 7.09. The van der Waals surface area contributed by atoms with Crippen molar-refractivity contribution in [1.82, 2.24) is 14.8 Å². The molecule has 0 spiro atoms. The predicted octanol–water partition coefficient (Wildman–Crippen LogP) is 4.11. The highest BCUT2D eigenvalue weighted by Gasteiger charge is 2.19. The number of aromatic nitrogens is 1. The maximum absolute atomic E-state index is 13.8. The number of benzene rings is 1. The van der Waals surface area contributed by atoms with Gasteiger partial charge in [-0.15, -0.1) is 0 Å². The standard InChI is InChI=1S/C22H24FN3O/c1-17-20(5-2-6-21(17)23)22-8-7-19(27-22)16-26-12-10-25(11-13-26)15-18-4-3-9-24-14-18/h2-9,14H,10-13,15-16H2,1H3. The minimum atomic E-state index is -0.199. The number of hydrogen-bond donors (Lipinski definition) is 0. The van der Waals surface area contributed by atoms with Gasteiger partial charge in [0.2, 0.25) is 0 Å². The van der Waals surface area contributed by atoms with Crippen LogP contribution in [0.1, 0.15) is 16.9 Å². The van der Waals surface area contributed by atoms with Crippen molar-refractivity contribution in [2.24, 2.45) is 0 Å². The highest BCUT2D eigenvalue weighted by Crippen LogP contribution is 2.27. The largest absolute Gasteiger partial charge is 0.460 e. The normalized spacial score (nSPS) is 15.9. The van der Waals surface area contributed by atoms with Crippen LogP contribution < -0.4 is 0 Å². The van der Waals surface area contributed by atoms with E-state index < -0.39 is 0 Å². The Morgan fingerprint density at radius 3 is 2.48 bits per heavy atom. The first-order valence-corrected chi connectivity index (χ1v) is 9.37. The van der Waals surface area contributed by atoms with E-state index in [0.717, 1.165) is 56.4 Å². The first-order valence-electron chi connectivity index (χ1n) is 9.37. The van der Waals surface area contributed by atoms with Crippen molar-refractivity contribution in [1.29, 1.82) is 0 Å². The third kappa shape index (κ3) is 4.26. The topological polar surface area (TPSA) is 32.5 Å². The Morgan fingerprint density at radius 1 is 0.963 bits per heavy atom. The van der Waals surface area contributed by atoms with Gasteiger partial charge in [-0.2, -0.15) is 0 Å². The van der Waals surface area contributed by atoms with Gasteiger partial charge in [0.1, 0.15) is 17.3 Å².